The number of aromatic nitrogens is 1. The smallest absolute Gasteiger partial charge is 0.133 e. The monoisotopic (exact) mass is 263 g/mol. The number of hydrogen-bond acceptors (Lipinski definition) is 4. The molecule has 0 aliphatic heterocycles. The topological polar surface area (TPSA) is 48.4 Å². The van der Waals surface area contributed by atoms with Crippen LogP contribution in [-0.4, -0.2) is 35.8 Å². The molecule has 1 fully saturated rings. The molecule has 1 heterocycles. The van der Waals surface area contributed by atoms with E-state index in [4.69, 9.17) is 5.11 Å². The highest BCUT2D eigenvalue weighted by atomic mass is 16.3. The van der Waals surface area contributed by atoms with Gasteiger partial charge in [0.25, 0.3) is 0 Å². The highest BCUT2D eigenvalue weighted by molar-refractivity contribution is 5.48. The quantitative estimate of drug-likeness (QED) is 0.752. The van der Waals surface area contributed by atoms with Gasteiger partial charge in [-0.1, -0.05) is 13.0 Å². The second-order valence-corrected chi connectivity index (χ2v) is 5.12. The molecule has 0 aromatic carbocycles. The van der Waals surface area contributed by atoms with Crippen LogP contribution in [0.15, 0.2) is 18.3 Å². The minimum atomic E-state index is 0.249. The molecule has 4 heteroatoms. The molecule has 0 saturated heterocycles. The van der Waals surface area contributed by atoms with Crippen LogP contribution in [0.4, 0.5) is 5.82 Å². The van der Waals surface area contributed by atoms with Gasteiger partial charge in [0.2, 0.25) is 0 Å². The van der Waals surface area contributed by atoms with Crippen LogP contribution in [0.5, 0.6) is 0 Å². The van der Waals surface area contributed by atoms with Gasteiger partial charge >= 0.3 is 0 Å². The zero-order chi connectivity index (χ0) is 13.5. The number of pyridine rings is 1. The lowest BCUT2D eigenvalue weighted by Crippen LogP contribution is -2.42. The van der Waals surface area contributed by atoms with E-state index in [1.165, 1.54) is 24.8 Å². The summed E-state index contributed by atoms with van der Waals surface area (Å²) in [5.74, 6) is 1.10. The lowest BCUT2D eigenvalue weighted by atomic mass is 9.91. The van der Waals surface area contributed by atoms with Crippen LogP contribution < -0.4 is 10.2 Å². The molecule has 0 bridgehead atoms. The number of aliphatic hydroxyl groups excluding tert-OH is 1. The molecule has 19 heavy (non-hydrogen) atoms. The molecule has 0 unspecified atom stereocenters. The summed E-state index contributed by atoms with van der Waals surface area (Å²) in [6.45, 7) is 5.10. The largest absolute Gasteiger partial charge is 0.396 e. The highest BCUT2D eigenvalue weighted by Gasteiger charge is 2.26. The predicted molar refractivity (Wildman–Crippen MR) is 78.3 cm³/mol. The summed E-state index contributed by atoms with van der Waals surface area (Å²) in [6, 6.07) is 4.76. The zero-order valence-corrected chi connectivity index (χ0v) is 11.8. The molecule has 0 amide bonds. The number of nitrogens with zero attached hydrogens (tertiary/aromatic N) is 2. The van der Waals surface area contributed by atoms with Crippen LogP contribution >= 0.6 is 0 Å². The van der Waals surface area contributed by atoms with E-state index in [9.17, 15) is 0 Å². The van der Waals surface area contributed by atoms with Gasteiger partial charge in [0.15, 0.2) is 0 Å². The van der Waals surface area contributed by atoms with Gasteiger partial charge in [0.05, 0.1) is 0 Å². The first-order chi connectivity index (χ1) is 9.36. The Morgan fingerprint density at radius 2 is 2.32 bits per heavy atom. The predicted octanol–water partition coefficient (Wildman–Crippen LogP) is 1.93. The Kier molecular flexibility index (Phi) is 5.61. The number of anilines is 1. The molecule has 1 aromatic heterocycles. The summed E-state index contributed by atoms with van der Waals surface area (Å²) in [5.41, 5.74) is 1.26. The normalized spacial score (nSPS) is 15.3. The number of rotatable bonds is 8. The third-order valence-electron chi connectivity index (χ3n) is 3.78. The Labute approximate surface area is 115 Å². The van der Waals surface area contributed by atoms with Gasteiger partial charge in [-0.05, 0) is 38.3 Å². The molecule has 0 spiro atoms. The maximum atomic E-state index is 9.09. The zero-order valence-electron chi connectivity index (χ0n) is 11.8. The van der Waals surface area contributed by atoms with E-state index in [1.807, 2.05) is 12.3 Å². The van der Waals surface area contributed by atoms with Crippen LogP contribution in [-0.2, 0) is 6.54 Å². The summed E-state index contributed by atoms with van der Waals surface area (Å²) < 4.78 is 0. The van der Waals surface area contributed by atoms with Crippen molar-refractivity contribution in [2.75, 3.05) is 24.6 Å². The number of nitrogens with one attached hydrogen (secondary N) is 1. The van der Waals surface area contributed by atoms with Crippen molar-refractivity contribution in [2.24, 2.45) is 0 Å². The van der Waals surface area contributed by atoms with Crippen molar-refractivity contribution >= 4 is 5.82 Å². The van der Waals surface area contributed by atoms with Gasteiger partial charge < -0.3 is 15.3 Å². The van der Waals surface area contributed by atoms with E-state index in [-0.39, 0.29) is 6.61 Å². The number of hydrogen-bond donors (Lipinski definition) is 2. The fourth-order valence-electron chi connectivity index (χ4n) is 2.49. The first kappa shape index (κ1) is 14.3. The Morgan fingerprint density at radius 3 is 2.95 bits per heavy atom. The maximum Gasteiger partial charge on any atom is 0.133 e. The van der Waals surface area contributed by atoms with E-state index in [0.717, 1.165) is 31.9 Å². The molecule has 106 valence electrons. The van der Waals surface area contributed by atoms with Gasteiger partial charge in [-0.15, -0.1) is 0 Å². The van der Waals surface area contributed by atoms with Crippen LogP contribution in [0, 0.1) is 0 Å². The minimum absolute atomic E-state index is 0.249. The SMILES string of the molecule is CCNCc1cccnc1N(CCCO)C1CCC1. The molecule has 0 atom stereocenters. The molecule has 2 rings (SSSR count). The van der Waals surface area contributed by atoms with Gasteiger partial charge in [-0.25, -0.2) is 4.98 Å². The fraction of sp³-hybridized carbons (Fsp3) is 0.667. The summed E-state index contributed by atoms with van der Waals surface area (Å²) in [7, 11) is 0. The molecular formula is C15H25N3O. The van der Waals surface area contributed by atoms with Crippen molar-refractivity contribution in [3.63, 3.8) is 0 Å². The highest BCUT2D eigenvalue weighted by Crippen LogP contribution is 2.30. The van der Waals surface area contributed by atoms with Gasteiger partial charge in [-0.2, -0.15) is 0 Å². The lowest BCUT2D eigenvalue weighted by Gasteiger charge is -2.39. The minimum Gasteiger partial charge on any atom is -0.396 e. The fourth-order valence-corrected chi connectivity index (χ4v) is 2.49. The van der Waals surface area contributed by atoms with Crippen LogP contribution in [0.3, 0.4) is 0 Å². The molecular weight excluding hydrogens is 238 g/mol. The summed E-state index contributed by atoms with van der Waals surface area (Å²) in [5, 5.41) is 12.5. The van der Waals surface area contributed by atoms with E-state index in [0.29, 0.717) is 6.04 Å². The Bertz CT molecular complexity index is 379. The van der Waals surface area contributed by atoms with Crippen molar-refractivity contribution < 1.29 is 5.11 Å². The summed E-state index contributed by atoms with van der Waals surface area (Å²) >= 11 is 0. The summed E-state index contributed by atoms with van der Waals surface area (Å²) in [6.07, 6.45) is 6.50. The van der Waals surface area contributed by atoms with Crippen molar-refractivity contribution in [1.82, 2.24) is 10.3 Å². The van der Waals surface area contributed by atoms with Crippen LogP contribution in [0.1, 0.15) is 38.2 Å². The average Bonchev–Trinajstić information content (AvgIpc) is 2.39. The standard InChI is InChI=1S/C15H25N3O/c1-2-16-12-13-6-4-9-17-15(13)18(10-5-11-19)14-7-3-8-14/h4,6,9,14,16,19H,2-3,5,7-8,10-12H2,1H3. The average molecular weight is 263 g/mol. The number of aliphatic hydroxyl groups is 1. The first-order valence-corrected chi connectivity index (χ1v) is 7.39. The molecule has 2 N–H and O–H groups in total. The Hall–Kier alpha value is -1.13. The van der Waals surface area contributed by atoms with Crippen molar-refractivity contribution in [3.8, 4) is 0 Å². The molecule has 4 nitrogen and oxygen atoms in total. The van der Waals surface area contributed by atoms with Gasteiger partial charge in [0, 0.05) is 37.5 Å². The molecule has 1 aliphatic rings. The third-order valence-corrected chi connectivity index (χ3v) is 3.78. The lowest BCUT2D eigenvalue weighted by molar-refractivity contribution is 0.282. The Morgan fingerprint density at radius 1 is 1.47 bits per heavy atom. The van der Waals surface area contributed by atoms with Crippen molar-refractivity contribution in [1.29, 1.82) is 0 Å². The van der Waals surface area contributed by atoms with E-state index in [2.05, 4.69) is 28.2 Å². The van der Waals surface area contributed by atoms with Crippen LogP contribution in [0.25, 0.3) is 0 Å². The molecule has 1 aliphatic carbocycles. The van der Waals surface area contributed by atoms with Crippen LogP contribution in [0.2, 0.25) is 0 Å². The third kappa shape index (κ3) is 3.67. The molecule has 1 aromatic rings. The van der Waals surface area contributed by atoms with Crippen molar-refractivity contribution in [3.05, 3.63) is 23.9 Å². The van der Waals surface area contributed by atoms with E-state index in [1.54, 1.807) is 0 Å². The maximum absolute atomic E-state index is 9.09. The Balaban J connectivity index is 2.14. The first-order valence-electron chi connectivity index (χ1n) is 7.39. The summed E-state index contributed by atoms with van der Waals surface area (Å²) in [4.78, 5) is 6.99. The van der Waals surface area contributed by atoms with Gasteiger partial charge in [-0.3, -0.25) is 0 Å². The van der Waals surface area contributed by atoms with E-state index >= 15 is 0 Å². The molecule has 0 radical (unpaired) electrons. The van der Waals surface area contributed by atoms with Gasteiger partial charge in [0.1, 0.15) is 5.82 Å². The van der Waals surface area contributed by atoms with E-state index < -0.39 is 0 Å². The second-order valence-electron chi connectivity index (χ2n) is 5.12. The second kappa shape index (κ2) is 7.46. The van der Waals surface area contributed by atoms with Crippen molar-refractivity contribution in [2.45, 2.75) is 45.2 Å². The molecule has 1 saturated carbocycles.